The largest absolute Gasteiger partial charge is 0.466 e. The molecule has 9 heteroatoms. The van der Waals surface area contributed by atoms with E-state index in [9.17, 15) is 14.9 Å². The van der Waals surface area contributed by atoms with E-state index < -0.39 is 4.92 Å². The summed E-state index contributed by atoms with van der Waals surface area (Å²) in [4.78, 5) is 28.6. The number of hydrogen-bond acceptors (Lipinski definition) is 8. The van der Waals surface area contributed by atoms with Crippen molar-refractivity contribution in [3.8, 4) is 0 Å². The summed E-state index contributed by atoms with van der Waals surface area (Å²) in [6.45, 7) is 3.76. The number of carbonyl (C=O) groups excluding carboxylic acids is 1. The van der Waals surface area contributed by atoms with E-state index in [0.717, 1.165) is 6.20 Å². The predicted molar refractivity (Wildman–Crippen MR) is 67.4 cm³/mol. The van der Waals surface area contributed by atoms with Crippen LogP contribution in [-0.2, 0) is 9.53 Å². The van der Waals surface area contributed by atoms with E-state index in [4.69, 9.17) is 10.5 Å². The second-order valence-corrected chi connectivity index (χ2v) is 3.78. The van der Waals surface area contributed by atoms with Crippen LogP contribution >= 0.6 is 0 Å². The number of ether oxygens (including phenoxy) is 1. The highest BCUT2D eigenvalue weighted by molar-refractivity contribution is 5.70. The molecule has 0 amide bonds. The maximum Gasteiger partial charge on any atom is 0.329 e. The summed E-state index contributed by atoms with van der Waals surface area (Å²) in [7, 11) is 0. The highest BCUT2D eigenvalue weighted by Crippen LogP contribution is 2.18. The first-order chi connectivity index (χ1) is 8.93. The summed E-state index contributed by atoms with van der Waals surface area (Å²) in [5.41, 5.74) is 5.06. The zero-order chi connectivity index (χ0) is 14.4. The van der Waals surface area contributed by atoms with E-state index in [1.54, 1.807) is 13.8 Å². The number of esters is 1. The molecule has 0 fully saturated rings. The number of nitrogens with two attached hydrogens (primary N) is 1. The van der Waals surface area contributed by atoms with Crippen LogP contribution in [0.1, 0.15) is 20.3 Å². The third-order valence-electron chi connectivity index (χ3n) is 2.15. The van der Waals surface area contributed by atoms with Crippen molar-refractivity contribution in [3.05, 3.63) is 16.3 Å². The fourth-order valence-electron chi connectivity index (χ4n) is 1.34. The Hall–Kier alpha value is -2.45. The first kappa shape index (κ1) is 14.6. The lowest BCUT2D eigenvalue weighted by atomic mass is 10.2. The molecule has 19 heavy (non-hydrogen) atoms. The highest BCUT2D eigenvalue weighted by atomic mass is 16.6. The number of carbonyl (C=O) groups is 1. The number of aromatic nitrogens is 2. The van der Waals surface area contributed by atoms with Gasteiger partial charge in [-0.1, -0.05) is 0 Å². The number of nitro groups is 1. The number of rotatable bonds is 6. The van der Waals surface area contributed by atoms with Crippen molar-refractivity contribution in [1.82, 2.24) is 9.97 Å². The van der Waals surface area contributed by atoms with Crippen molar-refractivity contribution in [2.24, 2.45) is 0 Å². The quantitative estimate of drug-likeness (QED) is 0.438. The molecule has 1 rings (SSSR count). The van der Waals surface area contributed by atoms with Crippen molar-refractivity contribution < 1.29 is 14.5 Å². The molecule has 9 nitrogen and oxygen atoms in total. The molecule has 0 bridgehead atoms. The third-order valence-corrected chi connectivity index (χ3v) is 2.15. The third kappa shape index (κ3) is 4.37. The molecule has 0 aliphatic rings. The van der Waals surface area contributed by atoms with E-state index in [1.807, 2.05) is 0 Å². The molecule has 104 valence electrons. The van der Waals surface area contributed by atoms with Gasteiger partial charge in [0, 0.05) is 6.04 Å². The smallest absolute Gasteiger partial charge is 0.329 e. The summed E-state index contributed by atoms with van der Waals surface area (Å²) in [5, 5.41) is 13.3. The van der Waals surface area contributed by atoms with Gasteiger partial charge in [-0.05, 0) is 13.8 Å². The molecule has 0 aliphatic heterocycles. The molecule has 0 saturated heterocycles. The zero-order valence-corrected chi connectivity index (χ0v) is 10.6. The zero-order valence-electron chi connectivity index (χ0n) is 10.6. The molecule has 1 atom stereocenters. The molecule has 1 heterocycles. The average molecular weight is 269 g/mol. The summed E-state index contributed by atoms with van der Waals surface area (Å²) >= 11 is 0. The van der Waals surface area contributed by atoms with Crippen LogP contribution in [0.3, 0.4) is 0 Å². The lowest BCUT2D eigenvalue weighted by molar-refractivity contribution is -0.384. The molecular weight excluding hydrogens is 254 g/mol. The molecule has 0 saturated carbocycles. The van der Waals surface area contributed by atoms with Crippen LogP contribution in [0.15, 0.2) is 6.20 Å². The second kappa shape index (κ2) is 6.47. The van der Waals surface area contributed by atoms with E-state index in [2.05, 4.69) is 15.3 Å². The summed E-state index contributed by atoms with van der Waals surface area (Å²) < 4.78 is 4.79. The second-order valence-electron chi connectivity index (χ2n) is 3.78. The Morgan fingerprint density at radius 1 is 1.68 bits per heavy atom. The summed E-state index contributed by atoms with van der Waals surface area (Å²) in [6.07, 6.45) is 1.15. The molecule has 0 spiro atoms. The van der Waals surface area contributed by atoms with E-state index >= 15 is 0 Å². The van der Waals surface area contributed by atoms with Gasteiger partial charge in [0.05, 0.1) is 18.0 Å². The first-order valence-corrected chi connectivity index (χ1v) is 5.63. The van der Waals surface area contributed by atoms with Gasteiger partial charge in [-0.3, -0.25) is 14.9 Å². The van der Waals surface area contributed by atoms with Crippen LogP contribution in [0.4, 0.5) is 17.5 Å². The van der Waals surface area contributed by atoms with Crippen LogP contribution in [0.5, 0.6) is 0 Å². The Bertz CT molecular complexity index is 479. The van der Waals surface area contributed by atoms with Crippen LogP contribution in [0.25, 0.3) is 0 Å². The monoisotopic (exact) mass is 269 g/mol. The summed E-state index contributed by atoms with van der Waals surface area (Å²) in [5.74, 6) is -0.455. The molecule has 1 aromatic heterocycles. The van der Waals surface area contributed by atoms with E-state index in [-0.39, 0.29) is 35.9 Å². The van der Waals surface area contributed by atoms with Gasteiger partial charge in [0.15, 0.2) is 0 Å². The number of hydrogen-bond donors (Lipinski definition) is 2. The van der Waals surface area contributed by atoms with Crippen molar-refractivity contribution in [1.29, 1.82) is 0 Å². The SMILES string of the molecule is CCOC(=O)CC(C)Nc1ncc([N+](=O)[O-])c(N)n1. The standard InChI is InChI=1S/C10H15N5O4/c1-3-19-8(16)4-6(2)13-10-12-5-7(15(17)18)9(11)14-10/h5-6H,3-4H2,1-2H3,(H3,11,12,13,14). The van der Waals surface area contributed by atoms with Gasteiger partial charge >= 0.3 is 11.7 Å². The fourth-order valence-corrected chi connectivity index (χ4v) is 1.34. The highest BCUT2D eigenvalue weighted by Gasteiger charge is 2.16. The van der Waals surface area contributed by atoms with Crippen molar-refractivity contribution >= 4 is 23.4 Å². The van der Waals surface area contributed by atoms with Crippen LogP contribution < -0.4 is 11.1 Å². The van der Waals surface area contributed by atoms with Crippen molar-refractivity contribution in [3.63, 3.8) is 0 Å². The number of nitrogens with one attached hydrogen (secondary N) is 1. The average Bonchev–Trinajstić information content (AvgIpc) is 2.28. The maximum absolute atomic E-state index is 11.2. The molecule has 3 N–H and O–H groups in total. The normalized spacial score (nSPS) is 11.7. The van der Waals surface area contributed by atoms with E-state index in [0.29, 0.717) is 6.61 Å². The number of nitrogens with zero attached hydrogens (tertiary/aromatic N) is 3. The summed E-state index contributed by atoms with van der Waals surface area (Å²) in [6, 6.07) is -0.278. The van der Waals surface area contributed by atoms with Crippen LogP contribution in [0, 0.1) is 10.1 Å². The lowest BCUT2D eigenvalue weighted by Crippen LogP contribution is -2.22. The molecule has 1 unspecified atom stereocenters. The van der Waals surface area contributed by atoms with E-state index in [1.165, 1.54) is 0 Å². The number of nitrogen functional groups attached to an aromatic ring is 1. The lowest BCUT2D eigenvalue weighted by Gasteiger charge is -2.12. The predicted octanol–water partition coefficient (Wildman–Crippen LogP) is 0.721. The molecular formula is C10H15N5O4. The Labute approximate surface area is 109 Å². The minimum atomic E-state index is -0.666. The Morgan fingerprint density at radius 2 is 2.37 bits per heavy atom. The van der Waals surface area contributed by atoms with Gasteiger partial charge in [0.25, 0.3) is 0 Å². The van der Waals surface area contributed by atoms with Crippen molar-refractivity contribution in [2.75, 3.05) is 17.7 Å². The molecule has 0 aromatic carbocycles. The first-order valence-electron chi connectivity index (χ1n) is 5.63. The van der Waals surface area contributed by atoms with Crippen LogP contribution in [0.2, 0.25) is 0 Å². The van der Waals surface area contributed by atoms with Gasteiger partial charge in [-0.2, -0.15) is 4.98 Å². The van der Waals surface area contributed by atoms with Gasteiger partial charge in [0.1, 0.15) is 6.20 Å². The van der Waals surface area contributed by atoms with Gasteiger partial charge < -0.3 is 15.8 Å². The van der Waals surface area contributed by atoms with Crippen molar-refractivity contribution in [2.45, 2.75) is 26.3 Å². The molecule has 1 aromatic rings. The van der Waals surface area contributed by atoms with Gasteiger partial charge in [-0.25, -0.2) is 4.98 Å². The number of anilines is 2. The fraction of sp³-hybridized carbons (Fsp3) is 0.500. The Kier molecular flexibility index (Phi) is 4.98. The Morgan fingerprint density at radius 3 is 2.89 bits per heavy atom. The van der Waals surface area contributed by atoms with Gasteiger partial charge in [0.2, 0.25) is 11.8 Å². The maximum atomic E-state index is 11.2. The molecule has 0 radical (unpaired) electrons. The minimum absolute atomic E-state index is 0.125. The Balaban J connectivity index is 2.65. The minimum Gasteiger partial charge on any atom is -0.466 e. The topological polar surface area (TPSA) is 133 Å². The van der Waals surface area contributed by atoms with Crippen LogP contribution in [-0.4, -0.2) is 33.5 Å². The van der Waals surface area contributed by atoms with Gasteiger partial charge in [-0.15, -0.1) is 0 Å². The molecule has 0 aliphatic carbocycles.